The van der Waals surface area contributed by atoms with Gasteiger partial charge >= 0.3 is 0 Å². The SMILES string of the molecule is C#N.O=NO. The van der Waals surface area contributed by atoms with Gasteiger partial charge in [0.25, 0.3) is 0 Å². The highest BCUT2D eigenvalue weighted by atomic mass is 16.6. The summed E-state index contributed by atoms with van der Waals surface area (Å²) in [5, 5.41) is 14.4. The Labute approximate surface area is 28.6 Å². The highest BCUT2D eigenvalue weighted by molar-refractivity contribution is 4.03. The summed E-state index contributed by atoms with van der Waals surface area (Å²) in [5.74, 6) is 0. The predicted molar refractivity (Wildman–Crippen MR) is 14.3 cm³/mol. The van der Waals surface area contributed by atoms with Crippen LogP contribution in [0.4, 0.5) is 0 Å². The van der Waals surface area contributed by atoms with E-state index in [1.54, 1.807) is 0 Å². The molecule has 0 amide bonds. The molecular formula is CH2N2O2. The Morgan fingerprint density at radius 1 is 1.80 bits per heavy atom. The van der Waals surface area contributed by atoms with E-state index >= 15 is 0 Å². The van der Waals surface area contributed by atoms with Crippen LogP contribution in [-0.4, -0.2) is 5.21 Å². The van der Waals surface area contributed by atoms with Gasteiger partial charge in [0.1, 0.15) is 0 Å². The van der Waals surface area contributed by atoms with Gasteiger partial charge in [-0.15, -0.1) is 4.91 Å². The van der Waals surface area contributed by atoms with Gasteiger partial charge in [-0.3, -0.25) is 0 Å². The molecule has 4 nitrogen and oxygen atoms in total. The van der Waals surface area contributed by atoms with Gasteiger partial charge in [-0.05, 0) is 0 Å². The van der Waals surface area contributed by atoms with Crippen molar-refractivity contribution < 1.29 is 5.21 Å². The zero-order valence-corrected chi connectivity index (χ0v) is 2.33. The van der Waals surface area contributed by atoms with E-state index in [1.165, 1.54) is 5.34 Å². The molecule has 0 aliphatic carbocycles. The second-order valence-corrected chi connectivity index (χ2v) is 0.0816. The average Bonchev–Trinajstić information content (AvgIpc) is 1.46. The molecule has 0 saturated heterocycles. The van der Waals surface area contributed by atoms with E-state index < -0.39 is 0 Å². The molecule has 0 aromatic heterocycles. The molecule has 1 N–H and O–H groups in total. The molecule has 0 unspecified atom stereocenters. The molecule has 0 heterocycles. The summed E-state index contributed by atoms with van der Waals surface area (Å²) in [6.45, 7) is 3.50. The van der Waals surface area contributed by atoms with E-state index in [2.05, 4.69) is 6.57 Å². The lowest BCUT2D eigenvalue weighted by Gasteiger charge is -1.32. The fraction of sp³-hybridized carbons (Fsp3) is 0. The summed E-state index contributed by atoms with van der Waals surface area (Å²) >= 11 is 0. The van der Waals surface area contributed by atoms with Crippen molar-refractivity contribution in [1.29, 1.82) is 5.26 Å². The van der Waals surface area contributed by atoms with Gasteiger partial charge in [0.05, 0.1) is 0 Å². The Morgan fingerprint density at radius 2 is 1.80 bits per heavy atom. The summed E-state index contributed by atoms with van der Waals surface area (Å²) in [7, 11) is 0. The van der Waals surface area contributed by atoms with Crippen molar-refractivity contribution in [2.24, 2.45) is 5.34 Å². The molecule has 0 aliphatic rings. The van der Waals surface area contributed by atoms with Crippen LogP contribution in [0.2, 0.25) is 0 Å². The van der Waals surface area contributed by atoms with E-state index in [-0.39, 0.29) is 0 Å². The summed E-state index contributed by atoms with van der Waals surface area (Å²) in [5.41, 5.74) is 0. The third-order valence-corrected chi connectivity index (χ3v) is 0. The van der Waals surface area contributed by atoms with Gasteiger partial charge < -0.3 is 5.21 Å². The average molecular weight is 74.0 g/mol. The van der Waals surface area contributed by atoms with E-state index in [0.29, 0.717) is 0 Å². The van der Waals surface area contributed by atoms with Crippen molar-refractivity contribution in [2.45, 2.75) is 0 Å². The molecule has 0 bridgehead atoms. The Kier molecular flexibility index (Phi) is 1550. The molecule has 0 rings (SSSR count). The minimum Gasteiger partial charge on any atom is -0.379 e. The van der Waals surface area contributed by atoms with Crippen molar-refractivity contribution in [3.8, 4) is 6.57 Å². The first-order chi connectivity index (χ1) is 2.41. The normalized spacial score (nSPS) is 2.80. The van der Waals surface area contributed by atoms with Gasteiger partial charge in [0.15, 0.2) is 5.34 Å². The van der Waals surface area contributed by atoms with Crippen LogP contribution in [0.3, 0.4) is 0 Å². The number of rotatable bonds is 0. The molecule has 0 saturated carbocycles. The number of nitriles is 1. The lowest BCUT2D eigenvalue weighted by molar-refractivity contribution is 0.312. The van der Waals surface area contributed by atoms with Crippen molar-refractivity contribution >= 4 is 0 Å². The summed E-state index contributed by atoms with van der Waals surface area (Å²) in [4.78, 5) is 8.11. The van der Waals surface area contributed by atoms with Crippen molar-refractivity contribution in [2.75, 3.05) is 0 Å². The number of hydrogen-bond acceptors (Lipinski definition) is 3. The highest BCUT2D eigenvalue weighted by Crippen LogP contribution is 1.25. The van der Waals surface area contributed by atoms with E-state index in [9.17, 15) is 0 Å². The van der Waals surface area contributed by atoms with Gasteiger partial charge in [0.2, 0.25) is 0 Å². The maximum absolute atomic E-state index is 8.11. The van der Waals surface area contributed by atoms with Crippen LogP contribution in [0.15, 0.2) is 5.34 Å². The molecule has 0 spiro atoms. The van der Waals surface area contributed by atoms with Crippen LogP contribution < -0.4 is 0 Å². The predicted octanol–water partition coefficient (Wildman–Crippen LogP) is 0.282. The largest absolute Gasteiger partial charge is 0.379 e. The fourth-order valence-electron chi connectivity index (χ4n) is 0. The van der Waals surface area contributed by atoms with E-state index in [0.717, 1.165) is 0 Å². The van der Waals surface area contributed by atoms with E-state index in [1.807, 2.05) is 0 Å². The summed E-state index contributed by atoms with van der Waals surface area (Å²) in [6.07, 6.45) is 0. The minimum atomic E-state index is 1.25. The zero-order valence-electron chi connectivity index (χ0n) is 2.33. The second kappa shape index (κ2) is 853. The molecule has 0 radical (unpaired) electrons. The topological polar surface area (TPSA) is 73.5 Å². The Bertz CT molecular complexity index is 31.9. The summed E-state index contributed by atoms with van der Waals surface area (Å²) in [6, 6.07) is 0. The number of hydrogen-bond donors (Lipinski definition) is 1. The van der Waals surface area contributed by atoms with Crippen molar-refractivity contribution in [1.82, 2.24) is 0 Å². The van der Waals surface area contributed by atoms with Crippen molar-refractivity contribution in [3.05, 3.63) is 4.91 Å². The van der Waals surface area contributed by atoms with Crippen LogP contribution in [0, 0.1) is 16.7 Å². The lowest BCUT2D eigenvalue weighted by Crippen LogP contribution is -1.25. The molecular weight excluding hydrogens is 72.0 g/mol. The Hall–Kier alpha value is -1.11. The molecule has 0 fully saturated rings. The van der Waals surface area contributed by atoms with Gasteiger partial charge in [-0.1, -0.05) is 0 Å². The van der Waals surface area contributed by atoms with Crippen LogP contribution in [-0.2, 0) is 0 Å². The Morgan fingerprint density at radius 3 is 1.80 bits per heavy atom. The number of nitrogens with zero attached hydrogens (tertiary/aromatic N) is 2. The fourth-order valence-corrected chi connectivity index (χ4v) is 0. The molecule has 28 valence electrons. The third kappa shape index (κ3) is 1.86. The molecule has 0 aliphatic heterocycles. The van der Waals surface area contributed by atoms with Crippen LogP contribution in [0.25, 0.3) is 0 Å². The van der Waals surface area contributed by atoms with Gasteiger partial charge in [-0.2, -0.15) is 0 Å². The van der Waals surface area contributed by atoms with Gasteiger partial charge in [0, 0.05) is 6.57 Å². The third-order valence-electron chi connectivity index (χ3n) is 0. The molecule has 4 heteroatoms. The lowest BCUT2D eigenvalue weighted by atomic mass is 11.9. The monoisotopic (exact) mass is 74.0 g/mol. The molecule has 0 aromatic carbocycles. The first-order valence-corrected chi connectivity index (χ1v) is 0.641. The smallest absolute Gasteiger partial charge is 0.152 e. The van der Waals surface area contributed by atoms with E-state index in [4.69, 9.17) is 15.4 Å². The standard InChI is InChI=1S/CHN.HNO2/c1-2;2-1-3/h1H;(H,2,3). The quantitative estimate of drug-likeness (QED) is 0.331. The van der Waals surface area contributed by atoms with Crippen LogP contribution in [0.5, 0.6) is 0 Å². The maximum atomic E-state index is 8.11. The van der Waals surface area contributed by atoms with Gasteiger partial charge in [-0.25, -0.2) is 5.26 Å². The highest BCUT2D eigenvalue weighted by Gasteiger charge is 1.18. The van der Waals surface area contributed by atoms with Crippen molar-refractivity contribution in [3.63, 3.8) is 0 Å². The zero-order chi connectivity index (χ0) is 4.71. The van der Waals surface area contributed by atoms with Crippen LogP contribution in [0.1, 0.15) is 0 Å². The summed E-state index contributed by atoms with van der Waals surface area (Å²) < 4.78 is 0. The molecule has 0 aromatic rings. The first-order valence-electron chi connectivity index (χ1n) is 0.641. The Balaban J connectivity index is 0. The molecule has 0 atom stereocenters. The minimum absolute atomic E-state index is 1.25. The second-order valence-electron chi connectivity index (χ2n) is 0.0816. The van der Waals surface area contributed by atoms with Crippen LogP contribution >= 0.6 is 0 Å². The first kappa shape index (κ1) is 9.10. The molecule has 5 heavy (non-hydrogen) atoms. The maximum Gasteiger partial charge on any atom is 0.152 e.